The van der Waals surface area contributed by atoms with E-state index in [-0.39, 0.29) is 0 Å². The van der Waals surface area contributed by atoms with Gasteiger partial charge < -0.3 is 9.80 Å². The minimum atomic E-state index is 0.709. The molecule has 3 heteroatoms. The van der Waals surface area contributed by atoms with Gasteiger partial charge in [0, 0.05) is 22.6 Å². The number of fused-ring (bicyclic) bond motifs is 1. The smallest absolute Gasteiger partial charge is 0.0887 e. The molecule has 0 N–H and O–H groups in total. The van der Waals surface area contributed by atoms with E-state index in [1.807, 2.05) is 0 Å². The van der Waals surface area contributed by atoms with Gasteiger partial charge in [-0.2, -0.15) is 0 Å². The molecule has 0 aliphatic heterocycles. The van der Waals surface area contributed by atoms with E-state index in [2.05, 4.69) is 190 Å². The van der Waals surface area contributed by atoms with Crippen molar-refractivity contribution in [2.75, 3.05) is 9.80 Å². The fourth-order valence-corrected chi connectivity index (χ4v) is 8.65. The van der Waals surface area contributed by atoms with Crippen LogP contribution in [0.5, 0.6) is 0 Å². The van der Waals surface area contributed by atoms with Gasteiger partial charge in [-0.3, -0.25) is 0 Å². The molecular weight excluding hydrogens is 748 g/mol. The van der Waals surface area contributed by atoms with Crippen LogP contribution in [-0.2, 0) is 25.7 Å². The zero-order valence-corrected chi connectivity index (χ0v) is 37.4. The minimum absolute atomic E-state index is 0.709. The lowest BCUT2D eigenvalue weighted by Crippen LogP contribution is -2.16. The van der Waals surface area contributed by atoms with Gasteiger partial charge in [0.25, 0.3) is 0 Å². The Labute approximate surface area is 365 Å². The molecule has 0 aliphatic rings. The van der Waals surface area contributed by atoms with Crippen LogP contribution in [0.2, 0.25) is 5.02 Å². The van der Waals surface area contributed by atoms with E-state index in [0.717, 1.165) is 78.2 Å². The highest BCUT2D eigenvalue weighted by Crippen LogP contribution is 2.49. The van der Waals surface area contributed by atoms with Crippen molar-refractivity contribution < 1.29 is 0 Å². The summed E-state index contributed by atoms with van der Waals surface area (Å²) in [5.74, 6) is 0. The topological polar surface area (TPSA) is 6.48 Å². The Morgan fingerprint density at radius 3 is 1.33 bits per heavy atom. The molecule has 0 fully saturated rings. The Balaban J connectivity index is 1.44. The van der Waals surface area contributed by atoms with Gasteiger partial charge in [0.2, 0.25) is 0 Å². The predicted molar refractivity (Wildman–Crippen MR) is 263 cm³/mol. The van der Waals surface area contributed by atoms with Crippen LogP contribution >= 0.6 is 11.6 Å². The predicted octanol–water partition coefficient (Wildman–Crippen LogP) is 17.8. The first-order valence-corrected chi connectivity index (χ1v) is 23.1. The Morgan fingerprint density at radius 2 is 0.833 bits per heavy atom. The fourth-order valence-electron chi connectivity index (χ4n) is 8.37. The van der Waals surface area contributed by atoms with Crippen LogP contribution < -0.4 is 9.80 Å². The van der Waals surface area contributed by atoms with E-state index in [4.69, 9.17) is 11.6 Å². The largest absolute Gasteiger partial charge is 0.309 e. The van der Waals surface area contributed by atoms with E-state index in [1.54, 1.807) is 0 Å². The summed E-state index contributed by atoms with van der Waals surface area (Å²) in [6, 6.07) is 54.6. The van der Waals surface area contributed by atoms with Gasteiger partial charge in [0.15, 0.2) is 0 Å². The summed E-state index contributed by atoms with van der Waals surface area (Å²) in [6.07, 6.45) is 13.7. The normalized spacial score (nSPS) is 11.3. The van der Waals surface area contributed by atoms with E-state index >= 15 is 0 Å². The number of rotatable bonds is 19. The molecule has 7 rings (SSSR count). The first kappa shape index (κ1) is 42.8. The van der Waals surface area contributed by atoms with Crippen molar-refractivity contribution >= 4 is 56.5 Å². The lowest BCUT2D eigenvalue weighted by molar-refractivity contribution is 0.795. The molecule has 0 radical (unpaired) electrons. The minimum Gasteiger partial charge on any atom is -0.309 e. The second-order valence-electron chi connectivity index (χ2n) is 16.6. The monoisotopic (exact) mass is 810 g/mol. The molecule has 0 saturated heterocycles. The molecule has 0 unspecified atom stereocenters. The first-order chi connectivity index (χ1) is 29.4. The average molecular weight is 812 g/mol. The first-order valence-electron chi connectivity index (χ1n) is 22.7. The van der Waals surface area contributed by atoms with Crippen LogP contribution in [0.1, 0.15) is 107 Å². The summed E-state index contributed by atoms with van der Waals surface area (Å²) in [7, 11) is 0. The van der Waals surface area contributed by atoms with Crippen molar-refractivity contribution in [1.29, 1.82) is 0 Å². The summed E-state index contributed by atoms with van der Waals surface area (Å²) < 4.78 is 0. The molecule has 0 bridgehead atoms. The molecule has 0 aliphatic carbocycles. The van der Waals surface area contributed by atoms with Crippen molar-refractivity contribution in [3.8, 4) is 11.1 Å². The number of aryl methyl sites for hydroxylation is 5. The second kappa shape index (κ2) is 20.8. The molecule has 0 atom stereocenters. The number of hydrogen-bond acceptors (Lipinski definition) is 2. The summed E-state index contributed by atoms with van der Waals surface area (Å²) in [5, 5.41) is 3.19. The van der Waals surface area contributed by atoms with Crippen LogP contribution in [-0.4, -0.2) is 0 Å². The molecule has 308 valence electrons. The van der Waals surface area contributed by atoms with Gasteiger partial charge in [-0.15, -0.1) is 0 Å². The van der Waals surface area contributed by atoms with Crippen LogP contribution in [0.15, 0.2) is 146 Å². The number of unbranched alkanes of at least 4 members (excludes halogenated alkanes) is 4. The molecule has 7 aromatic carbocycles. The number of halogens is 1. The van der Waals surface area contributed by atoms with Crippen LogP contribution in [0, 0.1) is 6.92 Å². The standard InChI is InChI=1S/C57H63ClN2/c1-6-10-16-43-22-31-50(32-23-43)59(51-33-24-44(25-34-51)17-11-7-2)55-38-42(5)39-56(57(55)58)60(52-35-26-45(27-36-52)18-12-8-3)54-37-28-46(19-13-9-4)40-53(54)49-30-29-47-20-14-15-21-48(47)41-49/h14-15,20-41H,6-13,16-19H2,1-5H3. The second-order valence-corrected chi connectivity index (χ2v) is 17.0. The third-order valence-corrected chi connectivity index (χ3v) is 12.3. The third-order valence-electron chi connectivity index (χ3n) is 11.9. The van der Waals surface area contributed by atoms with Gasteiger partial charge in [-0.1, -0.05) is 144 Å². The molecule has 0 saturated carbocycles. The molecule has 7 aromatic rings. The number of hydrogen-bond donors (Lipinski definition) is 0. The van der Waals surface area contributed by atoms with Crippen molar-refractivity contribution in [3.63, 3.8) is 0 Å². The number of benzene rings is 7. The molecule has 0 heterocycles. The third kappa shape index (κ3) is 10.2. The van der Waals surface area contributed by atoms with Crippen molar-refractivity contribution in [2.45, 2.75) is 112 Å². The zero-order valence-electron chi connectivity index (χ0n) is 36.6. The van der Waals surface area contributed by atoms with Crippen LogP contribution in [0.3, 0.4) is 0 Å². The molecule has 60 heavy (non-hydrogen) atoms. The maximum absolute atomic E-state index is 7.96. The van der Waals surface area contributed by atoms with E-state index in [0.29, 0.717) is 5.02 Å². The Morgan fingerprint density at radius 1 is 0.400 bits per heavy atom. The Kier molecular flexibility index (Phi) is 14.8. The van der Waals surface area contributed by atoms with Crippen molar-refractivity contribution in [1.82, 2.24) is 0 Å². The highest BCUT2D eigenvalue weighted by Gasteiger charge is 2.25. The summed E-state index contributed by atoms with van der Waals surface area (Å²) >= 11 is 7.96. The maximum Gasteiger partial charge on any atom is 0.0887 e. The van der Waals surface area contributed by atoms with E-state index in [1.165, 1.54) is 82.7 Å². The van der Waals surface area contributed by atoms with Gasteiger partial charge in [-0.25, -0.2) is 0 Å². The lowest BCUT2D eigenvalue weighted by Gasteiger charge is -2.33. The van der Waals surface area contributed by atoms with Crippen LogP contribution in [0.25, 0.3) is 21.9 Å². The summed E-state index contributed by atoms with van der Waals surface area (Å²) in [4.78, 5) is 4.77. The summed E-state index contributed by atoms with van der Waals surface area (Å²) in [6.45, 7) is 11.2. The lowest BCUT2D eigenvalue weighted by atomic mass is 9.95. The van der Waals surface area contributed by atoms with Crippen molar-refractivity contribution in [2.24, 2.45) is 0 Å². The highest BCUT2D eigenvalue weighted by atomic mass is 35.5. The van der Waals surface area contributed by atoms with Crippen molar-refractivity contribution in [3.05, 3.63) is 178 Å². The number of nitrogens with zero attached hydrogens (tertiary/aromatic N) is 2. The maximum atomic E-state index is 7.96. The van der Waals surface area contributed by atoms with Gasteiger partial charge in [0.1, 0.15) is 0 Å². The van der Waals surface area contributed by atoms with Gasteiger partial charge in [-0.05, 0) is 169 Å². The van der Waals surface area contributed by atoms with E-state index in [9.17, 15) is 0 Å². The van der Waals surface area contributed by atoms with E-state index < -0.39 is 0 Å². The average Bonchev–Trinajstić information content (AvgIpc) is 3.29. The Hall–Kier alpha value is -5.31. The fraction of sp³-hybridized carbons (Fsp3) is 0.298. The molecule has 0 amide bonds. The quantitative estimate of drug-likeness (QED) is 0.0803. The summed E-state index contributed by atoms with van der Waals surface area (Å²) in [5.41, 5.74) is 15.3. The Bertz CT molecular complexity index is 2390. The molecule has 0 aromatic heterocycles. The zero-order chi connectivity index (χ0) is 41.8. The molecule has 2 nitrogen and oxygen atoms in total. The molecular formula is C57H63ClN2. The SMILES string of the molecule is CCCCc1ccc(N(c2ccc(CCCC)cc2)c2cc(C)cc(N(c3ccc(CCCC)cc3)c3ccc(CCCC)cc3-c3ccc4ccccc4c3)c2Cl)cc1. The van der Waals surface area contributed by atoms with Gasteiger partial charge >= 0.3 is 0 Å². The van der Waals surface area contributed by atoms with Gasteiger partial charge in [0.05, 0.1) is 22.1 Å². The number of anilines is 6. The van der Waals surface area contributed by atoms with Crippen LogP contribution in [0.4, 0.5) is 34.1 Å². The highest BCUT2D eigenvalue weighted by molar-refractivity contribution is 6.37. The molecule has 0 spiro atoms.